The largest absolute Gasteiger partial charge is 0.367 e. The monoisotopic (exact) mass is 397 g/mol. The number of hydrogen-bond acceptors (Lipinski definition) is 4. The van der Waals surface area contributed by atoms with Crippen molar-refractivity contribution in [3.8, 4) is 0 Å². The molecule has 1 aromatic carbocycles. The van der Waals surface area contributed by atoms with E-state index in [4.69, 9.17) is 0 Å². The van der Waals surface area contributed by atoms with Crippen LogP contribution < -0.4 is 10.2 Å². The molecule has 1 aromatic heterocycles. The van der Waals surface area contributed by atoms with E-state index in [1.54, 1.807) is 16.2 Å². The summed E-state index contributed by atoms with van der Waals surface area (Å²) in [4.78, 5) is 30.6. The van der Waals surface area contributed by atoms with Crippen LogP contribution in [-0.2, 0) is 22.4 Å². The number of anilines is 1. The quantitative estimate of drug-likeness (QED) is 0.816. The van der Waals surface area contributed by atoms with Crippen molar-refractivity contribution in [3.05, 3.63) is 52.2 Å². The third-order valence-corrected chi connectivity index (χ3v) is 6.66. The van der Waals surface area contributed by atoms with Crippen LogP contribution in [0.4, 0.5) is 5.69 Å². The fourth-order valence-corrected chi connectivity index (χ4v) is 5.09. The SMILES string of the molecule is CC1Cc2ccccc2N1CCNC(=O)C1CCCN1C(=O)Cc1cccs1. The van der Waals surface area contributed by atoms with Crippen LogP contribution in [0.5, 0.6) is 0 Å². The van der Waals surface area contributed by atoms with E-state index in [-0.39, 0.29) is 17.9 Å². The predicted octanol–water partition coefficient (Wildman–Crippen LogP) is 2.85. The van der Waals surface area contributed by atoms with Gasteiger partial charge in [-0.3, -0.25) is 9.59 Å². The van der Waals surface area contributed by atoms with Gasteiger partial charge in [-0.1, -0.05) is 24.3 Å². The summed E-state index contributed by atoms with van der Waals surface area (Å²) in [6.07, 6.45) is 3.09. The minimum absolute atomic E-state index is 0.0165. The van der Waals surface area contributed by atoms with Gasteiger partial charge in [0.25, 0.3) is 0 Å². The molecule has 1 fully saturated rings. The van der Waals surface area contributed by atoms with Crippen LogP contribution in [0, 0.1) is 0 Å². The van der Waals surface area contributed by atoms with E-state index in [1.807, 2.05) is 17.5 Å². The van der Waals surface area contributed by atoms with Gasteiger partial charge in [-0.15, -0.1) is 11.3 Å². The van der Waals surface area contributed by atoms with Crippen LogP contribution in [0.3, 0.4) is 0 Å². The first kappa shape index (κ1) is 19.0. The maximum atomic E-state index is 12.7. The number of likely N-dealkylation sites (tertiary alicyclic amines) is 1. The molecular weight excluding hydrogens is 370 g/mol. The Kier molecular flexibility index (Phi) is 5.67. The minimum atomic E-state index is -0.323. The van der Waals surface area contributed by atoms with Gasteiger partial charge in [0.1, 0.15) is 6.04 Å². The zero-order valence-corrected chi connectivity index (χ0v) is 17.1. The van der Waals surface area contributed by atoms with E-state index in [0.29, 0.717) is 25.6 Å². The maximum Gasteiger partial charge on any atom is 0.242 e. The number of rotatable bonds is 6. The van der Waals surface area contributed by atoms with E-state index in [2.05, 4.69) is 41.4 Å². The number of nitrogens with one attached hydrogen (secondary N) is 1. The van der Waals surface area contributed by atoms with Gasteiger partial charge >= 0.3 is 0 Å². The van der Waals surface area contributed by atoms with Crippen LogP contribution in [0.2, 0.25) is 0 Å². The fourth-order valence-electron chi connectivity index (χ4n) is 4.39. The number of para-hydroxylation sites is 1. The van der Waals surface area contributed by atoms with Crippen molar-refractivity contribution in [2.45, 2.75) is 44.7 Å². The van der Waals surface area contributed by atoms with Gasteiger partial charge in [0.05, 0.1) is 6.42 Å². The fraction of sp³-hybridized carbons (Fsp3) is 0.455. The molecule has 2 aliphatic rings. The summed E-state index contributed by atoms with van der Waals surface area (Å²) in [6.45, 7) is 4.29. The molecule has 0 aliphatic carbocycles. The molecule has 2 amide bonds. The number of amides is 2. The van der Waals surface area contributed by atoms with E-state index in [1.165, 1.54) is 11.3 Å². The molecule has 28 heavy (non-hydrogen) atoms. The lowest BCUT2D eigenvalue weighted by molar-refractivity contribution is -0.137. The van der Waals surface area contributed by atoms with E-state index >= 15 is 0 Å². The Labute approximate surface area is 170 Å². The minimum Gasteiger partial charge on any atom is -0.367 e. The highest BCUT2D eigenvalue weighted by molar-refractivity contribution is 7.10. The number of carbonyl (C=O) groups is 2. The molecule has 2 unspecified atom stereocenters. The summed E-state index contributed by atoms with van der Waals surface area (Å²) in [6, 6.07) is 12.5. The molecule has 3 heterocycles. The molecule has 148 valence electrons. The van der Waals surface area contributed by atoms with Crippen LogP contribution in [0.15, 0.2) is 41.8 Å². The highest BCUT2D eigenvalue weighted by Gasteiger charge is 2.34. The topological polar surface area (TPSA) is 52.7 Å². The lowest BCUT2D eigenvalue weighted by Crippen LogP contribution is -2.48. The van der Waals surface area contributed by atoms with Gasteiger partial charge in [0, 0.05) is 36.2 Å². The van der Waals surface area contributed by atoms with Gasteiger partial charge in [0.15, 0.2) is 0 Å². The highest BCUT2D eigenvalue weighted by atomic mass is 32.1. The Morgan fingerprint density at radius 2 is 2.07 bits per heavy atom. The molecule has 2 aromatic rings. The highest BCUT2D eigenvalue weighted by Crippen LogP contribution is 2.31. The molecular formula is C22H27N3O2S. The molecule has 0 spiro atoms. The standard InChI is InChI=1S/C22H27N3O2S/c1-16-14-17-6-2-3-8-19(17)24(16)12-10-23-22(27)20-9-4-11-25(20)21(26)15-18-7-5-13-28-18/h2-3,5-8,13,16,20H,4,9-12,14-15H2,1H3,(H,23,27). The molecule has 0 bridgehead atoms. The molecule has 2 aliphatic heterocycles. The van der Waals surface area contributed by atoms with Crippen molar-refractivity contribution < 1.29 is 9.59 Å². The summed E-state index contributed by atoms with van der Waals surface area (Å²) < 4.78 is 0. The maximum absolute atomic E-state index is 12.7. The van der Waals surface area contributed by atoms with Crippen molar-refractivity contribution >= 4 is 28.8 Å². The summed E-state index contributed by atoms with van der Waals surface area (Å²) in [5.41, 5.74) is 2.65. The Hall–Kier alpha value is -2.34. The first-order chi connectivity index (χ1) is 13.6. The number of nitrogens with zero attached hydrogens (tertiary/aromatic N) is 2. The smallest absolute Gasteiger partial charge is 0.242 e. The Balaban J connectivity index is 1.30. The van der Waals surface area contributed by atoms with Crippen molar-refractivity contribution in [1.29, 1.82) is 0 Å². The number of carbonyl (C=O) groups excluding carboxylic acids is 2. The second-order valence-corrected chi connectivity index (χ2v) is 8.70. The summed E-state index contributed by atoms with van der Waals surface area (Å²) >= 11 is 1.59. The van der Waals surface area contributed by atoms with Gasteiger partial charge in [-0.25, -0.2) is 0 Å². The summed E-state index contributed by atoms with van der Waals surface area (Å²) in [7, 11) is 0. The zero-order valence-electron chi connectivity index (χ0n) is 16.3. The van der Waals surface area contributed by atoms with E-state index in [0.717, 1.165) is 30.7 Å². The Morgan fingerprint density at radius 3 is 2.89 bits per heavy atom. The van der Waals surface area contributed by atoms with Crippen LogP contribution in [-0.4, -0.2) is 48.4 Å². The van der Waals surface area contributed by atoms with Crippen molar-refractivity contribution in [1.82, 2.24) is 10.2 Å². The molecule has 6 heteroatoms. The molecule has 4 rings (SSSR count). The van der Waals surface area contributed by atoms with Gasteiger partial charge < -0.3 is 15.1 Å². The molecule has 0 saturated carbocycles. The third kappa shape index (κ3) is 3.92. The third-order valence-electron chi connectivity index (χ3n) is 5.78. The van der Waals surface area contributed by atoms with E-state index < -0.39 is 0 Å². The summed E-state index contributed by atoms with van der Waals surface area (Å²) in [5, 5.41) is 5.06. The number of thiophene rings is 1. The second kappa shape index (κ2) is 8.35. The van der Waals surface area contributed by atoms with Crippen LogP contribution >= 0.6 is 11.3 Å². The van der Waals surface area contributed by atoms with Crippen molar-refractivity contribution in [2.75, 3.05) is 24.5 Å². The zero-order chi connectivity index (χ0) is 19.5. The Bertz CT molecular complexity index is 836. The first-order valence-corrected chi connectivity index (χ1v) is 11.0. The average Bonchev–Trinajstić information content (AvgIpc) is 3.42. The lowest BCUT2D eigenvalue weighted by atomic mass is 10.1. The van der Waals surface area contributed by atoms with Crippen molar-refractivity contribution in [2.24, 2.45) is 0 Å². The normalized spacial score (nSPS) is 21.0. The molecule has 1 saturated heterocycles. The molecule has 0 radical (unpaired) electrons. The lowest BCUT2D eigenvalue weighted by Gasteiger charge is -2.27. The van der Waals surface area contributed by atoms with Crippen LogP contribution in [0.25, 0.3) is 0 Å². The van der Waals surface area contributed by atoms with E-state index in [9.17, 15) is 9.59 Å². The molecule has 2 atom stereocenters. The second-order valence-electron chi connectivity index (χ2n) is 7.67. The van der Waals surface area contributed by atoms with Gasteiger partial charge in [-0.05, 0) is 49.3 Å². The average molecular weight is 398 g/mol. The van der Waals surface area contributed by atoms with Crippen LogP contribution in [0.1, 0.15) is 30.2 Å². The summed E-state index contributed by atoms with van der Waals surface area (Å²) in [5.74, 6) is 0.0411. The van der Waals surface area contributed by atoms with Gasteiger partial charge in [0.2, 0.25) is 11.8 Å². The van der Waals surface area contributed by atoms with Gasteiger partial charge in [-0.2, -0.15) is 0 Å². The number of hydrogen-bond donors (Lipinski definition) is 1. The molecule has 1 N–H and O–H groups in total. The number of benzene rings is 1. The predicted molar refractivity (Wildman–Crippen MR) is 113 cm³/mol. The Morgan fingerprint density at radius 1 is 1.21 bits per heavy atom. The number of fused-ring (bicyclic) bond motifs is 1. The van der Waals surface area contributed by atoms with Crippen molar-refractivity contribution in [3.63, 3.8) is 0 Å². The molecule has 5 nitrogen and oxygen atoms in total. The first-order valence-electron chi connectivity index (χ1n) is 10.1.